The molecule has 0 aromatic carbocycles. The van der Waals surface area contributed by atoms with Crippen LogP contribution in [0.15, 0.2) is 30.6 Å². The van der Waals surface area contributed by atoms with Gasteiger partial charge in [-0.05, 0) is 30.5 Å². The van der Waals surface area contributed by atoms with E-state index in [0.717, 1.165) is 18.3 Å². The topological polar surface area (TPSA) is 35.0 Å². The molecule has 1 atom stereocenters. The van der Waals surface area contributed by atoms with Crippen molar-refractivity contribution in [2.24, 2.45) is 11.8 Å². The maximum atomic E-state index is 13.4. The van der Waals surface area contributed by atoms with Crippen molar-refractivity contribution in [1.29, 1.82) is 0 Å². The van der Waals surface area contributed by atoms with Crippen LogP contribution in [-0.4, -0.2) is 23.2 Å². The Morgan fingerprint density at radius 3 is 2.24 bits per heavy atom. The van der Waals surface area contributed by atoms with Gasteiger partial charge in [-0.3, -0.25) is 14.4 Å². The number of hydrogen-bond donors (Lipinski definition) is 0. The number of pyridine rings is 2. The summed E-state index contributed by atoms with van der Waals surface area (Å²) in [6, 6.07) is 3.60. The second kappa shape index (κ2) is 12.3. The van der Waals surface area contributed by atoms with Crippen LogP contribution in [-0.2, 0) is 0 Å². The van der Waals surface area contributed by atoms with Crippen molar-refractivity contribution in [3.05, 3.63) is 41.9 Å². The van der Waals surface area contributed by atoms with Crippen LogP contribution in [0.3, 0.4) is 0 Å². The highest BCUT2D eigenvalue weighted by Gasteiger charge is 2.19. The molecule has 0 fully saturated rings. The number of alkyl halides is 5. The first-order valence-electron chi connectivity index (χ1n) is 9.53. The Hall–Kier alpha value is -2.25. The highest BCUT2D eigenvalue weighted by atomic mass is 19.3. The predicted octanol–water partition coefficient (Wildman–Crippen LogP) is 7.06. The molecule has 0 aliphatic heterocycles. The van der Waals surface area contributed by atoms with E-state index in [9.17, 15) is 22.0 Å². The molecule has 0 bridgehead atoms. The van der Waals surface area contributed by atoms with Crippen LogP contribution < -0.4 is 4.74 Å². The quantitative estimate of drug-likeness (QED) is 0.409. The molecule has 0 aliphatic rings. The molecule has 29 heavy (non-hydrogen) atoms. The van der Waals surface area contributed by atoms with Gasteiger partial charge in [0, 0.05) is 17.7 Å². The summed E-state index contributed by atoms with van der Waals surface area (Å²) >= 11 is 0. The molecule has 0 amide bonds. The van der Waals surface area contributed by atoms with Crippen molar-refractivity contribution in [3.63, 3.8) is 0 Å². The van der Waals surface area contributed by atoms with Gasteiger partial charge < -0.3 is 4.74 Å². The van der Waals surface area contributed by atoms with E-state index in [-0.39, 0.29) is 29.5 Å². The lowest BCUT2D eigenvalue weighted by molar-refractivity contribution is 0.139. The molecule has 2 aromatic heterocycles. The fourth-order valence-corrected chi connectivity index (χ4v) is 2.68. The Labute approximate surface area is 168 Å². The number of ether oxygens (including phenoxy) is 1. The second-order valence-corrected chi connectivity index (χ2v) is 6.64. The normalized spacial score (nSPS) is 12.1. The predicted molar refractivity (Wildman–Crippen MR) is 103 cm³/mol. The lowest BCUT2D eigenvalue weighted by atomic mass is 9.99. The second-order valence-electron chi connectivity index (χ2n) is 6.64. The molecular weight excluding hydrogens is 391 g/mol. The summed E-state index contributed by atoms with van der Waals surface area (Å²) in [5, 5.41) is 0. The summed E-state index contributed by atoms with van der Waals surface area (Å²) in [7, 11) is 0. The van der Waals surface area contributed by atoms with Crippen LogP contribution in [0.5, 0.6) is 5.75 Å². The minimum absolute atomic E-state index is 0.0415. The third kappa shape index (κ3) is 7.59. The third-order valence-electron chi connectivity index (χ3n) is 3.93. The maximum absolute atomic E-state index is 13.4. The SMILES string of the molecule is CC.CC(C)CC(CF)COc1cnc(-c2ccnc(C(F)F)c2)cc1C(F)F. The van der Waals surface area contributed by atoms with Crippen molar-refractivity contribution in [2.45, 2.75) is 47.0 Å². The van der Waals surface area contributed by atoms with Crippen LogP contribution in [0.1, 0.15) is 58.2 Å². The average Bonchev–Trinajstić information content (AvgIpc) is 2.72. The van der Waals surface area contributed by atoms with Crippen molar-refractivity contribution in [3.8, 4) is 17.0 Å². The summed E-state index contributed by atoms with van der Waals surface area (Å²) in [4.78, 5) is 7.57. The summed E-state index contributed by atoms with van der Waals surface area (Å²) in [5.74, 6) is -0.289. The highest BCUT2D eigenvalue weighted by molar-refractivity contribution is 5.61. The standard InChI is InChI=1S/C19H21F5N2O.C2H6/c1-11(2)5-12(8-20)10-27-17-9-26-15(7-14(17)18(21)22)13-3-4-25-16(6-13)19(23)24;1-2/h3-4,6-7,9,11-12,18-19H,5,8,10H2,1-2H3;1-2H3. The van der Waals surface area contributed by atoms with E-state index in [1.807, 2.05) is 27.7 Å². The van der Waals surface area contributed by atoms with Gasteiger partial charge in [0.25, 0.3) is 12.9 Å². The van der Waals surface area contributed by atoms with Crippen molar-refractivity contribution in [2.75, 3.05) is 13.3 Å². The van der Waals surface area contributed by atoms with E-state index in [0.29, 0.717) is 6.42 Å². The van der Waals surface area contributed by atoms with E-state index in [2.05, 4.69) is 9.97 Å². The monoisotopic (exact) mass is 418 g/mol. The zero-order chi connectivity index (χ0) is 22.0. The molecule has 1 unspecified atom stereocenters. The van der Waals surface area contributed by atoms with Crippen LogP contribution in [0.4, 0.5) is 22.0 Å². The Balaban J connectivity index is 0.00000204. The van der Waals surface area contributed by atoms with Crippen molar-refractivity contribution in [1.82, 2.24) is 9.97 Å². The zero-order valence-electron chi connectivity index (χ0n) is 17.0. The summed E-state index contributed by atoms with van der Waals surface area (Å²) in [6.45, 7) is 7.22. The smallest absolute Gasteiger partial charge is 0.280 e. The van der Waals surface area contributed by atoms with Gasteiger partial charge >= 0.3 is 0 Å². The lowest BCUT2D eigenvalue weighted by Gasteiger charge is -2.18. The minimum Gasteiger partial charge on any atom is -0.491 e. The molecule has 2 aromatic rings. The fourth-order valence-electron chi connectivity index (χ4n) is 2.68. The van der Waals surface area contributed by atoms with Crippen LogP contribution in [0.2, 0.25) is 0 Å². The first kappa shape index (κ1) is 24.8. The molecule has 2 rings (SSSR count). The van der Waals surface area contributed by atoms with E-state index in [4.69, 9.17) is 4.74 Å². The molecule has 162 valence electrons. The molecule has 2 heterocycles. The van der Waals surface area contributed by atoms with Gasteiger partial charge in [-0.15, -0.1) is 0 Å². The van der Waals surface area contributed by atoms with Gasteiger partial charge in [-0.25, -0.2) is 17.6 Å². The number of rotatable bonds is 9. The molecular formula is C21H27F5N2O. The van der Waals surface area contributed by atoms with Crippen LogP contribution >= 0.6 is 0 Å². The third-order valence-corrected chi connectivity index (χ3v) is 3.93. The minimum atomic E-state index is -2.85. The van der Waals surface area contributed by atoms with E-state index in [1.165, 1.54) is 12.3 Å². The van der Waals surface area contributed by atoms with Gasteiger partial charge in [-0.1, -0.05) is 27.7 Å². The number of aromatic nitrogens is 2. The maximum Gasteiger partial charge on any atom is 0.280 e. The van der Waals surface area contributed by atoms with Crippen LogP contribution in [0, 0.1) is 11.8 Å². The van der Waals surface area contributed by atoms with Crippen LogP contribution in [0.25, 0.3) is 11.3 Å². The Morgan fingerprint density at radius 2 is 1.69 bits per heavy atom. The van der Waals surface area contributed by atoms with Gasteiger partial charge in [0.1, 0.15) is 11.4 Å². The van der Waals surface area contributed by atoms with Gasteiger partial charge in [0.2, 0.25) is 0 Å². The average molecular weight is 418 g/mol. The summed E-state index contributed by atoms with van der Waals surface area (Å²) < 4.78 is 70.9. The van der Waals surface area contributed by atoms with Gasteiger partial charge in [0.15, 0.2) is 0 Å². The number of halogens is 5. The molecule has 0 N–H and O–H groups in total. The molecule has 0 saturated heterocycles. The molecule has 0 radical (unpaired) electrons. The molecule has 0 spiro atoms. The highest BCUT2D eigenvalue weighted by Crippen LogP contribution is 2.33. The first-order chi connectivity index (χ1) is 13.8. The van der Waals surface area contributed by atoms with E-state index >= 15 is 0 Å². The zero-order valence-corrected chi connectivity index (χ0v) is 17.0. The molecule has 3 nitrogen and oxygen atoms in total. The lowest BCUT2D eigenvalue weighted by Crippen LogP contribution is -2.17. The number of nitrogens with zero attached hydrogens (tertiary/aromatic N) is 2. The summed E-state index contributed by atoms with van der Waals surface area (Å²) in [5.41, 5.74) is -0.536. The van der Waals surface area contributed by atoms with Crippen molar-refractivity contribution >= 4 is 0 Å². The molecule has 0 aliphatic carbocycles. The van der Waals surface area contributed by atoms with E-state index < -0.39 is 36.7 Å². The first-order valence-corrected chi connectivity index (χ1v) is 9.53. The summed E-state index contributed by atoms with van der Waals surface area (Å²) in [6.07, 6.45) is -2.78. The molecule has 0 saturated carbocycles. The number of hydrogen-bond acceptors (Lipinski definition) is 3. The Morgan fingerprint density at radius 1 is 1.00 bits per heavy atom. The fraction of sp³-hybridized carbons (Fsp3) is 0.524. The Bertz CT molecular complexity index is 741. The largest absolute Gasteiger partial charge is 0.491 e. The van der Waals surface area contributed by atoms with Gasteiger partial charge in [0.05, 0.1) is 30.7 Å². The molecule has 8 heteroatoms. The Kier molecular flexibility index (Phi) is 10.5. The van der Waals surface area contributed by atoms with Gasteiger partial charge in [-0.2, -0.15) is 0 Å². The van der Waals surface area contributed by atoms with Crippen molar-refractivity contribution < 1.29 is 26.7 Å². The van der Waals surface area contributed by atoms with E-state index in [1.54, 1.807) is 0 Å².